The highest BCUT2D eigenvalue weighted by atomic mass is 127. The van der Waals surface area contributed by atoms with Gasteiger partial charge in [-0.2, -0.15) is 0 Å². The summed E-state index contributed by atoms with van der Waals surface area (Å²) in [5, 5.41) is 2.12. The Labute approximate surface area is 128 Å². The van der Waals surface area contributed by atoms with Crippen molar-refractivity contribution >= 4 is 57.7 Å². The number of amides is 1. The molecular weight excluding hydrogens is 392 g/mol. The Morgan fingerprint density at radius 2 is 2.17 bits per heavy atom. The van der Waals surface area contributed by atoms with E-state index in [0.717, 1.165) is 3.57 Å². The minimum Gasteiger partial charge on any atom is -0.468 e. The highest BCUT2D eigenvalue weighted by Crippen LogP contribution is 2.19. The SMILES string of the molecule is COC(=O)C(Cl)CNC(=O)c1ccc(I)c(Cl)c1. The summed E-state index contributed by atoms with van der Waals surface area (Å²) in [6, 6.07) is 4.93. The Morgan fingerprint density at radius 3 is 2.72 bits per heavy atom. The van der Waals surface area contributed by atoms with Gasteiger partial charge in [0.15, 0.2) is 0 Å². The van der Waals surface area contributed by atoms with Gasteiger partial charge in [0.05, 0.1) is 12.1 Å². The lowest BCUT2D eigenvalue weighted by atomic mass is 10.2. The van der Waals surface area contributed by atoms with Crippen LogP contribution in [0.4, 0.5) is 0 Å². The molecule has 0 saturated heterocycles. The number of ether oxygens (including phenoxy) is 1. The molecule has 1 rings (SSSR count). The van der Waals surface area contributed by atoms with Crippen LogP contribution in [0.2, 0.25) is 5.02 Å². The summed E-state index contributed by atoms with van der Waals surface area (Å²) in [5.74, 6) is -0.930. The molecule has 1 aromatic rings. The summed E-state index contributed by atoms with van der Waals surface area (Å²) in [5.41, 5.74) is 0.411. The van der Waals surface area contributed by atoms with Crippen LogP contribution in [-0.4, -0.2) is 30.9 Å². The first kappa shape index (κ1) is 15.5. The molecule has 0 aliphatic carbocycles. The molecule has 0 heterocycles. The number of rotatable bonds is 4. The molecule has 1 unspecified atom stereocenters. The van der Waals surface area contributed by atoms with E-state index in [1.807, 2.05) is 0 Å². The molecule has 0 bridgehead atoms. The zero-order valence-electron chi connectivity index (χ0n) is 9.38. The first-order valence-electron chi connectivity index (χ1n) is 4.91. The van der Waals surface area contributed by atoms with Crippen LogP contribution >= 0.6 is 45.8 Å². The number of alkyl halides is 1. The predicted octanol–water partition coefficient (Wildman–Crippen LogP) is 2.45. The van der Waals surface area contributed by atoms with E-state index in [2.05, 4.69) is 32.6 Å². The van der Waals surface area contributed by atoms with E-state index in [1.165, 1.54) is 7.11 Å². The van der Waals surface area contributed by atoms with Gasteiger partial charge in [0.1, 0.15) is 5.38 Å². The smallest absolute Gasteiger partial charge is 0.325 e. The second-order valence-corrected chi connectivity index (χ2v) is 5.43. The number of carbonyl (C=O) groups is 2. The van der Waals surface area contributed by atoms with Crippen LogP contribution in [0.15, 0.2) is 18.2 Å². The predicted molar refractivity (Wildman–Crippen MR) is 78.2 cm³/mol. The van der Waals surface area contributed by atoms with Gasteiger partial charge in [0.25, 0.3) is 5.91 Å². The minimum atomic E-state index is -0.904. The van der Waals surface area contributed by atoms with Gasteiger partial charge < -0.3 is 10.1 Å². The van der Waals surface area contributed by atoms with Crippen LogP contribution < -0.4 is 5.32 Å². The number of hydrogen-bond donors (Lipinski definition) is 1. The maximum Gasteiger partial charge on any atom is 0.325 e. The summed E-state index contributed by atoms with van der Waals surface area (Å²) in [6.07, 6.45) is 0. The Balaban J connectivity index is 2.60. The van der Waals surface area contributed by atoms with Gasteiger partial charge in [-0.3, -0.25) is 9.59 Å². The van der Waals surface area contributed by atoms with Crippen molar-refractivity contribution in [1.82, 2.24) is 5.32 Å². The second-order valence-electron chi connectivity index (χ2n) is 3.33. The lowest BCUT2D eigenvalue weighted by Gasteiger charge is -2.09. The Bertz CT molecular complexity index is 468. The average Bonchev–Trinajstić information content (AvgIpc) is 2.37. The lowest BCUT2D eigenvalue weighted by molar-refractivity contribution is -0.140. The number of benzene rings is 1. The van der Waals surface area contributed by atoms with Crippen molar-refractivity contribution in [3.8, 4) is 0 Å². The van der Waals surface area contributed by atoms with E-state index in [9.17, 15) is 9.59 Å². The van der Waals surface area contributed by atoms with Gasteiger partial charge in [0, 0.05) is 15.7 Å². The molecule has 0 aliphatic rings. The summed E-state index contributed by atoms with van der Waals surface area (Å²) in [7, 11) is 1.23. The molecule has 0 spiro atoms. The van der Waals surface area contributed by atoms with Crippen LogP contribution in [0.1, 0.15) is 10.4 Å². The van der Waals surface area contributed by atoms with E-state index in [0.29, 0.717) is 10.6 Å². The molecule has 0 saturated carbocycles. The van der Waals surface area contributed by atoms with Gasteiger partial charge in [-0.1, -0.05) is 11.6 Å². The summed E-state index contributed by atoms with van der Waals surface area (Å²) in [6.45, 7) is -0.00331. The number of hydrogen-bond acceptors (Lipinski definition) is 3. The average molecular weight is 402 g/mol. The van der Waals surface area contributed by atoms with Crippen molar-refractivity contribution in [1.29, 1.82) is 0 Å². The molecule has 7 heteroatoms. The Hall–Kier alpha value is -0.530. The molecule has 1 amide bonds. The van der Waals surface area contributed by atoms with Crippen LogP contribution in [0.3, 0.4) is 0 Å². The zero-order valence-corrected chi connectivity index (χ0v) is 13.0. The molecule has 1 aromatic carbocycles. The van der Waals surface area contributed by atoms with Crippen LogP contribution in [0.5, 0.6) is 0 Å². The van der Waals surface area contributed by atoms with Gasteiger partial charge in [-0.25, -0.2) is 0 Å². The molecule has 1 atom stereocenters. The van der Waals surface area contributed by atoms with Gasteiger partial charge in [0.2, 0.25) is 0 Å². The van der Waals surface area contributed by atoms with Crippen molar-refractivity contribution in [2.45, 2.75) is 5.38 Å². The van der Waals surface area contributed by atoms with E-state index >= 15 is 0 Å². The van der Waals surface area contributed by atoms with Crippen molar-refractivity contribution in [2.24, 2.45) is 0 Å². The third-order valence-electron chi connectivity index (χ3n) is 2.08. The van der Waals surface area contributed by atoms with Gasteiger partial charge in [-0.05, 0) is 40.8 Å². The summed E-state index contributed by atoms with van der Waals surface area (Å²) >= 11 is 13.7. The molecular formula is C11H10Cl2INO3. The number of nitrogens with one attached hydrogen (secondary N) is 1. The van der Waals surface area contributed by atoms with E-state index in [-0.39, 0.29) is 12.5 Å². The van der Waals surface area contributed by atoms with Crippen molar-refractivity contribution in [3.63, 3.8) is 0 Å². The van der Waals surface area contributed by atoms with Gasteiger partial charge in [-0.15, -0.1) is 11.6 Å². The molecule has 4 nitrogen and oxygen atoms in total. The lowest BCUT2D eigenvalue weighted by Crippen LogP contribution is -2.34. The molecule has 1 N–H and O–H groups in total. The van der Waals surface area contributed by atoms with Crippen LogP contribution in [0, 0.1) is 3.57 Å². The molecule has 0 fully saturated rings. The molecule has 98 valence electrons. The van der Waals surface area contributed by atoms with Gasteiger partial charge >= 0.3 is 5.97 Å². The van der Waals surface area contributed by atoms with E-state index in [4.69, 9.17) is 23.2 Å². The number of carbonyl (C=O) groups excluding carboxylic acids is 2. The van der Waals surface area contributed by atoms with Crippen molar-refractivity contribution in [2.75, 3.05) is 13.7 Å². The van der Waals surface area contributed by atoms with Crippen LogP contribution in [-0.2, 0) is 9.53 Å². The molecule has 0 aliphatic heterocycles. The number of esters is 1. The summed E-state index contributed by atoms with van der Waals surface area (Å²) in [4.78, 5) is 22.8. The van der Waals surface area contributed by atoms with Crippen LogP contribution in [0.25, 0.3) is 0 Å². The first-order valence-corrected chi connectivity index (χ1v) is 6.80. The third-order valence-corrected chi connectivity index (χ3v) is 3.99. The van der Waals surface area contributed by atoms with Crippen molar-refractivity contribution < 1.29 is 14.3 Å². The monoisotopic (exact) mass is 401 g/mol. The molecule has 0 aromatic heterocycles. The topological polar surface area (TPSA) is 55.4 Å². The summed E-state index contributed by atoms with van der Waals surface area (Å²) < 4.78 is 5.30. The zero-order chi connectivity index (χ0) is 13.7. The van der Waals surface area contributed by atoms with E-state index < -0.39 is 11.3 Å². The maximum absolute atomic E-state index is 11.7. The normalized spacial score (nSPS) is 11.8. The fourth-order valence-corrected chi connectivity index (χ4v) is 1.82. The largest absolute Gasteiger partial charge is 0.468 e. The standard InChI is InChI=1S/C11H10Cl2INO3/c1-18-11(17)8(13)5-15-10(16)6-2-3-9(14)7(12)4-6/h2-4,8H,5H2,1H3,(H,15,16). The Kier molecular flexibility index (Phi) is 6.17. The minimum absolute atomic E-state index is 0.00331. The number of methoxy groups -OCH3 is 1. The van der Waals surface area contributed by atoms with Crippen molar-refractivity contribution in [3.05, 3.63) is 32.4 Å². The first-order chi connectivity index (χ1) is 8.45. The highest BCUT2D eigenvalue weighted by molar-refractivity contribution is 14.1. The fourth-order valence-electron chi connectivity index (χ4n) is 1.13. The highest BCUT2D eigenvalue weighted by Gasteiger charge is 2.17. The molecule has 0 radical (unpaired) electrons. The Morgan fingerprint density at radius 1 is 1.50 bits per heavy atom. The second kappa shape index (κ2) is 7.16. The fraction of sp³-hybridized carbons (Fsp3) is 0.273. The third kappa shape index (κ3) is 4.29. The number of halogens is 3. The quantitative estimate of drug-likeness (QED) is 0.479. The molecule has 18 heavy (non-hydrogen) atoms. The maximum atomic E-state index is 11.7. The van der Waals surface area contributed by atoms with E-state index in [1.54, 1.807) is 18.2 Å².